The third-order valence-corrected chi connectivity index (χ3v) is 4.22. The fourth-order valence-corrected chi connectivity index (χ4v) is 3.28. The van der Waals surface area contributed by atoms with E-state index in [1.807, 2.05) is 24.8 Å². The molecule has 2 atom stereocenters. The molecule has 0 amide bonds. The van der Waals surface area contributed by atoms with Crippen molar-refractivity contribution < 1.29 is 4.39 Å². The highest BCUT2D eigenvalue weighted by Crippen LogP contribution is 2.36. The Labute approximate surface area is 94.2 Å². The van der Waals surface area contributed by atoms with Crippen molar-refractivity contribution in [3.63, 3.8) is 0 Å². The first kappa shape index (κ1) is 11.0. The molecule has 0 aromatic heterocycles. The molecule has 1 heterocycles. The first-order chi connectivity index (χ1) is 7.09. The summed E-state index contributed by atoms with van der Waals surface area (Å²) in [5, 5.41) is 0.506. The molecule has 1 aliphatic rings. The van der Waals surface area contributed by atoms with Gasteiger partial charge in [0.15, 0.2) is 0 Å². The number of benzene rings is 1. The second-order valence-electron chi connectivity index (χ2n) is 4.22. The highest BCUT2D eigenvalue weighted by atomic mass is 32.2. The number of aryl methyl sites for hydroxylation is 1. The number of nitrogens with two attached hydrogens (primary N) is 1. The van der Waals surface area contributed by atoms with Crippen LogP contribution in [0.3, 0.4) is 0 Å². The van der Waals surface area contributed by atoms with Crippen LogP contribution < -0.4 is 5.73 Å². The molecule has 0 fully saturated rings. The molecule has 0 spiro atoms. The maximum atomic E-state index is 13.7. The van der Waals surface area contributed by atoms with E-state index in [0.717, 1.165) is 28.9 Å². The van der Waals surface area contributed by atoms with Crippen molar-refractivity contribution in [1.82, 2.24) is 0 Å². The van der Waals surface area contributed by atoms with Crippen LogP contribution >= 0.6 is 11.8 Å². The minimum absolute atomic E-state index is 0.141. The van der Waals surface area contributed by atoms with Crippen molar-refractivity contribution >= 4 is 11.8 Å². The lowest BCUT2D eigenvalue weighted by Gasteiger charge is -2.15. The van der Waals surface area contributed by atoms with Crippen molar-refractivity contribution in [3.05, 3.63) is 34.6 Å². The van der Waals surface area contributed by atoms with Gasteiger partial charge in [-0.2, -0.15) is 11.8 Å². The molecule has 0 radical (unpaired) electrons. The van der Waals surface area contributed by atoms with Gasteiger partial charge in [-0.15, -0.1) is 0 Å². The predicted molar refractivity (Wildman–Crippen MR) is 63.4 cm³/mol. The van der Waals surface area contributed by atoms with E-state index in [1.54, 1.807) is 0 Å². The Morgan fingerprint density at radius 3 is 2.93 bits per heavy atom. The third-order valence-electron chi connectivity index (χ3n) is 3.01. The third kappa shape index (κ3) is 2.04. The molecular formula is C12H16FNS. The molecule has 1 unspecified atom stereocenters. The number of rotatable bonds is 0. The van der Waals surface area contributed by atoms with E-state index in [4.69, 9.17) is 5.73 Å². The van der Waals surface area contributed by atoms with Crippen LogP contribution in [-0.2, 0) is 5.75 Å². The zero-order valence-corrected chi connectivity index (χ0v) is 9.90. The fourth-order valence-electron chi connectivity index (χ4n) is 2.11. The number of thioether (sulfide) groups is 1. The van der Waals surface area contributed by atoms with E-state index in [-0.39, 0.29) is 11.9 Å². The summed E-state index contributed by atoms with van der Waals surface area (Å²) >= 11 is 1.86. The zero-order valence-electron chi connectivity index (χ0n) is 9.09. The van der Waals surface area contributed by atoms with Gasteiger partial charge in [0.25, 0.3) is 0 Å². The van der Waals surface area contributed by atoms with Gasteiger partial charge in [0, 0.05) is 22.6 Å². The quantitative estimate of drug-likeness (QED) is 0.734. The highest BCUT2D eigenvalue weighted by Gasteiger charge is 2.23. The maximum Gasteiger partial charge on any atom is 0.128 e. The molecule has 2 rings (SSSR count). The van der Waals surface area contributed by atoms with Crippen LogP contribution in [0.25, 0.3) is 0 Å². The first-order valence-corrected chi connectivity index (χ1v) is 6.29. The Morgan fingerprint density at radius 1 is 1.47 bits per heavy atom. The summed E-state index contributed by atoms with van der Waals surface area (Å²) < 4.78 is 13.7. The van der Waals surface area contributed by atoms with Crippen molar-refractivity contribution in [2.45, 2.75) is 37.3 Å². The molecule has 0 saturated heterocycles. The SMILES string of the molecule is Cc1ccc(F)c2c1CSC(C)C[C@H]2N. The molecule has 82 valence electrons. The lowest BCUT2D eigenvalue weighted by atomic mass is 9.95. The van der Waals surface area contributed by atoms with Gasteiger partial charge in [-0.1, -0.05) is 13.0 Å². The summed E-state index contributed by atoms with van der Waals surface area (Å²) in [6.07, 6.45) is 0.859. The van der Waals surface area contributed by atoms with Crippen molar-refractivity contribution in [2.75, 3.05) is 0 Å². The van der Waals surface area contributed by atoms with Crippen LogP contribution in [0.1, 0.15) is 36.1 Å². The van der Waals surface area contributed by atoms with Crippen LogP contribution in [0.5, 0.6) is 0 Å². The molecule has 3 heteroatoms. The largest absolute Gasteiger partial charge is 0.324 e. The highest BCUT2D eigenvalue weighted by molar-refractivity contribution is 7.99. The Balaban J connectivity index is 2.52. The molecule has 1 nitrogen and oxygen atoms in total. The second kappa shape index (κ2) is 4.14. The molecule has 0 bridgehead atoms. The van der Waals surface area contributed by atoms with E-state index in [2.05, 4.69) is 6.92 Å². The zero-order chi connectivity index (χ0) is 11.0. The minimum Gasteiger partial charge on any atom is -0.324 e. The monoisotopic (exact) mass is 225 g/mol. The smallest absolute Gasteiger partial charge is 0.128 e. The Bertz CT molecular complexity index is 378. The van der Waals surface area contributed by atoms with Crippen LogP contribution in [0, 0.1) is 12.7 Å². The average Bonchev–Trinajstić information content (AvgIpc) is 2.32. The number of hydrogen-bond donors (Lipinski definition) is 1. The molecule has 2 N–H and O–H groups in total. The molecule has 15 heavy (non-hydrogen) atoms. The molecule has 0 saturated carbocycles. The fraction of sp³-hybridized carbons (Fsp3) is 0.500. The summed E-state index contributed by atoms with van der Waals surface area (Å²) in [5.74, 6) is 0.742. The van der Waals surface area contributed by atoms with Crippen molar-refractivity contribution in [1.29, 1.82) is 0 Å². The van der Waals surface area contributed by atoms with Gasteiger partial charge in [-0.3, -0.25) is 0 Å². The van der Waals surface area contributed by atoms with E-state index >= 15 is 0 Å². The standard InChI is InChI=1S/C12H16FNS/c1-7-3-4-10(13)12-9(7)6-15-8(2)5-11(12)14/h3-4,8,11H,5-6,14H2,1-2H3/t8?,11-/m1/s1. The van der Waals surface area contributed by atoms with E-state index in [0.29, 0.717) is 5.25 Å². The molecule has 1 aromatic rings. The Kier molecular flexibility index (Phi) is 3.03. The average molecular weight is 225 g/mol. The van der Waals surface area contributed by atoms with E-state index < -0.39 is 0 Å². The number of halogens is 1. The van der Waals surface area contributed by atoms with Gasteiger partial charge in [0.05, 0.1) is 0 Å². The lowest BCUT2D eigenvalue weighted by Crippen LogP contribution is -2.16. The van der Waals surface area contributed by atoms with Crippen LogP contribution in [0.15, 0.2) is 12.1 Å². The molecular weight excluding hydrogens is 209 g/mol. The van der Waals surface area contributed by atoms with Crippen LogP contribution in [-0.4, -0.2) is 5.25 Å². The topological polar surface area (TPSA) is 26.0 Å². The first-order valence-electron chi connectivity index (χ1n) is 5.24. The van der Waals surface area contributed by atoms with Crippen LogP contribution in [0.4, 0.5) is 4.39 Å². The summed E-state index contributed by atoms with van der Waals surface area (Å²) in [6, 6.07) is 3.23. The maximum absolute atomic E-state index is 13.7. The van der Waals surface area contributed by atoms with Gasteiger partial charge in [-0.05, 0) is 30.5 Å². The lowest BCUT2D eigenvalue weighted by molar-refractivity contribution is 0.562. The summed E-state index contributed by atoms with van der Waals surface area (Å²) in [7, 11) is 0. The predicted octanol–water partition coefficient (Wildman–Crippen LogP) is 3.16. The number of fused-ring (bicyclic) bond motifs is 1. The minimum atomic E-state index is -0.148. The second-order valence-corrected chi connectivity index (χ2v) is 5.65. The summed E-state index contributed by atoms with van der Waals surface area (Å²) in [4.78, 5) is 0. The molecule has 1 aromatic carbocycles. The summed E-state index contributed by atoms with van der Waals surface area (Å²) in [5.41, 5.74) is 9.06. The van der Waals surface area contributed by atoms with E-state index in [9.17, 15) is 4.39 Å². The van der Waals surface area contributed by atoms with Gasteiger partial charge < -0.3 is 5.73 Å². The van der Waals surface area contributed by atoms with Crippen molar-refractivity contribution in [3.8, 4) is 0 Å². The van der Waals surface area contributed by atoms with Crippen molar-refractivity contribution in [2.24, 2.45) is 5.73 Å². The summed E-state index contributed by atoms with van der Waals surface area (Å²) in [6.45, 7) is 4.19. The van der Waals surface area contributed by atoms with Gasteiger partial charge in [-0.25, -0.2) is 4.39 Å². The number of hydrogen-bond acceptors (Lipinski definition) is 2. The van der Waals surface area contributed by atoms with Crippen LogP contribution in [0.2, 0.25) is 0 Å². The van der Waals surface area contributed by atoms with Gasteiger partial charge in [0.1, 0.15) is 5.82 Å². The normalized spacial score (nSPS) is 25.9. The van der Waals surface area contributed by atoms with Gasteiger partial charge >= 0.3 is 0 Å². The van der Waals surface area contributed by atoms with Gasteiger partial charge in [0.2, 0.25) is 0 Å². The Morgan fingerprint density at radius 2 is 2.20 bits per heavy atom. The molecule has 1 aliphatic heterocycles. The Hall–Kier alpha value is -0.540. The van der Waals surface area contributed by atoms with E-state index in [1.165, 1.54) is 6.07 Å². The molecule has 0 aliphatic carbocycles.